The second kappa shape index (κ2) is 5.90. The predicted octanol–water partition coefficient (Wildman–Crippen LogP) is 0.379. The largest absolute Gasteiger partial charge is 0.395 e. The molecule has 0 spiro atoms. The highest BCUT2D eigenvalue weighted by atomic mass is 16.3. The molecule has 0 saturated carbocycles. The SMILES string of the molecule is C=CCN(CCO)C(C)C#N. The highest BCUT2D eigenvalue weighted by Crippen LogP contribution is 1.96. The van der Waals surface area contributed by atoms with Crippen LogP contribution in [0.15, 0.2) is 12.7 Å². The van der Waals surface area contributed by atoms with Gasteiger partial charge < -0.3 is 5.11 Å². The van der Waals surface area contributed by atoms with E-state index in [4.69, 9.17) is 10.4 Å². The second-order valence-corrected chi connectivity index (χ2v) is 2.31. The lowest BCUT2D eigenvalue weighted by atomic mass is 10.3. The number of aliphatic hydroxyl groups is 1. The first-order valence-electron chi connectivity index (χ1n) is 3.61. The molecule has 0 radical (unpaired) electrons. The Morgan fingerprint density at radius 3 is 2.82 bits per heavy atom. The number of nitrogens with zero attached hydrogens (tertiary/aromatic N) is 2. The molecule has 1 unspecified atom stereocenters. The molecule has 0 aliphatic heterocycles. The van der Waals surface area contributed by atoms with Crippen LogP contribution in [0.5, 0.6) is 0 Å². The summed E-state index contributed by atoms with van der Waals surface area (Å²) in [5.41, 5.74) is 0. The zero-order valence-electron chi connectivity index (χ0n) is 6.82. The third kappa shape index (κ3) is 3.76. The van der Waals surface area contributed by atoms with Crippen LogP contribution in [0.3, 0.4) is 0 Å². The molecule has 1 N–H and O–H groups in total. The molecule has 3 nitrogen and oxygen atoms in total. The van der Waals surface area contributed by atoms with E-state index in [0.717, 1.165) is 0 Å². The summed E-state index contributed by atoms with van der Waals surface area (Å²) in [5.74, 6) is 0. The number of rotatable bonds is 5. The lowest BCUT2D eigenvalue weighted by Crippen LogP contribution is -2.34. The highest BCUT2D eigenvalue weighted by molar-refractivity contribution is 4.90. The molecule has 0 saturated heterocycles. The van der Waals surface area contributed by atoms with E-state index in [-0.39, 0.29) is 12.6 Å². The molecular formula is C8H14N2O. The number of nitriles is 1. The van der Waals surface area contributed by atoms with E-state index < -0.39 is 0 Å². The summed E-state index contributed by atoms with van der Waals surface area (Å²) in [6, 6.07) is 1.95. The topological polar surface area (TPSA) is 47.3 Å². The third-order valence-electron chi connectivity index (χ3n) is 1.49. The van der Waals surface area contributed by atoms with Crippen molar-refractivity contribution in [2.45, 2.75) is 13.0 Å². The minimum Gasteiger partial charge on any atom is -0.395 e. The van der Waals surface area contributed by atoms with Gasteiger partial charge in [0.15, 0.2) is 0 Å². The summed E-state index contributed by atoms with van der Waals surface area (Å²) >= 11 is 0. The summed E-state index contributed by atoms with van der Waals surface area (Å²) in [6.07, 6.45) is 1.73. The summed E-state index contributed by atoms with van der Waals surface area (Å²) in [4.78, 5) is 1.85. The van der Waals surface area contributed by atoms with Crippen LogP contribution in [0.4, 0.5) is 0 Å². The van der Waals surface area contributed by atoms with Crippen molar-refractivity contribution in [3.63, 3.8) is 0 Å². The average molecular weight is 154 g/mol. The maximum atomic E-state index is 8.62. The normalized spacial score (nSPS) is 12.5. The first kappa shape index (κ1) is 10.2. The Balaban J connectivity index is 3.88. The van der Waals surface area contributed by atoms with E-state index in [1.807, 2.05) is 4.90 Å². The average Bonchev–Trinajstić information content (AvgIpc) is 2.03. The molecule has 0 rings (SSSR count). The second-order valence-electron chi connectivity index (χ2n) is 2.31. The van der Waals surface area contributed by atoms with Crippen molar-refractivity contribution in [3.8, 4) is 6.07 Å². The zero-order valence-corrected chi connectivity index (χ0v) is 6.82. The molecule has 11 heavy (non-hydrogen) atoms. The van der Waals surface area contributed by atoms with Gasteiger partial charge in [-0.3, -0.25) is 4.90 Å². The van der Waals surface area contributed by atoms with Crippen molar-refractivity contribution in [2.24, 2.45) is 0 Å². The van der Waals surface area contributed by atoms with Gasteiger partial charge in [0.1, 0.15) is 0 Å². The highest BCUT2D eigenvalue weighted by Gasteiger charge is 2.09. The third-order valence-corrected chi connectivity index (χ3v) is 1.49. The van der Waals surface area contributed by atoms with E-state index in [9.17, 15) is 0 Å². The standard InChI is InChI=1S/C8H14N2O/c1-3-4-10(5-6-11)8(2)7-9/h3,8,11H,1,4-6H2,2H3. The van der Waals surface area contributed by atoms with Gasteiger partial charge >= 0.3 is 0 Å². The van der Waals surface area contributed by atoms with Crippen LogP contribution in [0.25, 0.3) is 0 Å². The smallest absolute Gasteiger partial charge is 0.0952 e. The van der Waals surface area contributed by atoms with E-state index in [2.05, 4.69) is 12.6 Å². The van der Waals surface area contributed by atoms with Gasteiger partial charge in [0.25, 0.3) is 0 Å². The van der Waals surface area contributed by atoms with Crippen molar-refractivity contribution >= 4 is 0 Å². The van der Waals surface area contributed by atoms with Crippen LogP contribution in [-0.4, -0.2) is 35.7 Å². The Morgan fingerprint density at radius 1 is 1.82 bits per heavy atom. The summed E-state index contributed by atoms with van der Waals surface area (Å²) in [7, 11) is 0. The molecule has 0 amide bonds. The van der Waals surface area contributed by atoms with Gasteiger partial charge in [-0.2, -0.15) is 5.26 Å². The predicted molar refractivity (Wildman–Crippen MR) is 43.9 cm³/mol. The maximum absolute atomic E-state index is 8.62. The van der Waals surface area contributed by atoms with Gasteiger partial charge in [0.05, 0.1) is 18.7 Å². The Labute approximate surface area is 67.6 Å². The monoisotopic (exact) mass is 154 g/mol. The molecule has 0 fully saturated rings. The van der Waals surface area contributed by atoms with Crippen LogP contribution >= 0.6 is 0 Å². The van der Waals surface area contributed by atoms with Gasteiger partial charge in [0.2, 0.25) is 0 Å². The van der Waals surface area contributed by atoms with Crippen LogP contribution in [0, 0.1) is 11.3 Å². The summed E-state index contributed by atoms with van der Waals surface area (Å²) in [6.45, 7) is 6.63. The fraction of sp³-hybridized carbons (Fsp3) is 0.625. The van der Waals surface area contributed by atoms with E-state index in [1.54, 1.807) is 13.0 Å². The Kier molecular flexibility index (Phi) is 5.44. The molecule has 3 heteroatoms. The molecule has 1 atom stereocenters. The molecule has 0 aromatic carbocycles. The van der Waals surface area contributed by atoms with E-state index in [1.165, 1.54) is 0 Å². The Morgan fingerprint density at radius 2 is 2.45 bits per heavy atom. The Bertz CT molecular complexity index is 151. The number of hydrogen-bond acceptors (Lipinski definition) is 3. The minimum absolute atomic E-state index is 0.0832. The summed E-state index contributed by atoms with van der Waals surface area (Å²) in [5, 5.41) is 17.2. The van der Waals surface area contributed by atoms with Crippen molar-refractivity contribution in [2.75, 3.05) is 19.7 Å². The van der Waals surface area contributed by atoms with E-state index in [0.29, 0.717) is 13.1 Å². The maximum Gasteiger partial charge on any atom is 0.0952 e. The van der Waals surface area contributed by atoms with Crippen molar-refractivity contribution < 1.29 is 5.11 Å². The minimum atomic E-state index is -0.153. The van der Waals surface area contributed by atoms with Crippen molar-refractivity contribution in [1.82, 2.24) is 4.90 Å². The quantitative estimate of drug-likeness (QED) is 0.582. The first-order valence-corrected chi connectivity index (χ1v) is 3.61. The molecule has 0 aliphatic rings. The Hall–Kier alpha value is -0.850. The molecule has 0 heterocycles. The molecule has 0 aromatic heterocycles. The van der Waals surface area contributed by atoms with Gasteiger partial charge in [-0.05, 0) is 6.92 Å². The lowest BCUT2D eigenvalue weighted by molar-refractivity contribution is 0.193. The number of hydrogen-bond donors (Lipinski definition) is 1. The molecular weight excluding hydrogens is 140 g/mol. The summed E-state index contributed by atoms with van der Waals surface area (Å²) < 4.78 is 0. The van der Waals surface area contributed by atoms with Gasteiger partial charge in [-0.1, -0.05) is 6.08 Å². The van der Waals surface area contributed by atoms with E-state index >= 15 is 0 Å². The molecule has 0 bridgehead atoms. The fourth-order valence-corrected chi connectivity index (χ4v) is 0.819. The van der Waals surface area contributed by atoms with Crippen LogP contribution in [0.2, 0.25) is 0 Å². The van der Waals surface area contributed by atoms with Crippen LogP contribution < -0.4 is 0 Å². The fourth-order valence-electron chi connectivity index (χ4n) is 0.819. The van der Waals surface area contributed by atoms with Crippen molar-refractivity contribution in [1.29, 1.82) is 5.26 Å². The van der Waals surface area contributed by atoms with Crippen LogP contribution in [0.1, 0.15) is 6.92 Å². The molecule has 0 aromatic rings. The zero-order chi connectivity index (χ0) is 8.69. The van der Waals surface area contributed by atoms with Gasteiger partial charge in [-0.25, -0.2) is 0 Å². The van der Waals surface area contributed by atoms with Gasteiger partial charge in [-0.15, -0.1) is 6.58 Å². The molecule has 0 aliphatic carbocycles. The number of aliphatic hydroxyl groups excluding tert-OH is 1. The van der Waals surface area contributed by atoms with Crippen molar-refractivity contribution in [3.05, 3.63) is 12.7 Å². The molecule has 62 valence electrons. The van der Waals surface area contributed by atoms with Crippen LogP contribution in [-0.2, 0) is 0 Å². The lowest BCUT2D eigenvalue weighted by Gasteiger charge is -2.21. The van der Waals surface area contributed by atoms with Gasteiger partial charge in [0, 0.05) is 13.1 Å². The first-order chi connectivity index (χ1) is 5.26.